The summed E-state index contributed by atoms with van der Waals surface area (Å²) < 4.78 is 18.5. The molecule has 2 saturated heterocycles. The fourth-order valence-corrected chi connectivity index (χ4v) is 4.75. The maximum atomic E-state index is 13.2. The van der Waals surface area contributed by atoms with Crippen molar-refractivity contribution in [3.05, 3.63) is 65.0 Å². The molecule has 0 bridgehead atoms. The summed E-state index contributed by atoms with van der Waals surface area (Å²) in [6, 6.07) is 11.9. The monoisotopic (exact) mass is 425 g/mol. The molecule has 2 fully saturated rings. The smallest absolute Gasteiger partial charge is 0.251 e. The highest BCUT2D eigenvalue weighted by Gasteiger charge is 2.32. The number of anilines is 1. The number of hydrogen-bond acceptors (Lipinski definition) is 5. The highest BCUT2D eigenvalue weighted by atomic mass is 19.1. The molecular weight excluding hydrogens is 397 g/mol. The lowest BCUT2D eigenvalue weighted by molar-refractivity contribution is -0.0660. The second-order valence-corrected chi connectivity index (χ2v) is 8.66. The number of fused-ring (bicyclic) bond motifs is 1. The van der Waals surface area contributed by atoms with E-state index in [-0.39, 0.29) is 11.7 Å². The zero-order valence-corrected chi connectivity index (χ0v) is 17.5. The molecule has 0 spiro atoms. The molecule has 5 rings (SSSR count). The van der Waals surface area contributed by atoms with Crippen LogP contribution in [0.25, 0.3) is 0 Å². The van der Waals surface area contributed by atoms with Crippen LogP contribution < -0.4 is 10.2 Å². The number of hydrogen-bond donors (Lipinski definition) is 2. The lowest BCUT2D eigenvalue weighted by Crippen LogP contribution is -2.56. The maximum Gasteiger partial charge on any atom is 0.251 e. The van der Waals surface area contributed by atoms with Crippen molar-refractivity contribution in [2.45, 2.75) is 31.0 Å². The molecule has 1 amide bonds. The molecule has 6 nitrogen and oxygen atoms in total. The van der Waals surface area contributed by atoms with Crippen molar-refractivity contribution in [1.82, 2.24) is 10.2 Å². The molecule has 164 valence electrons. The van der Waals surface area contributed by atoms with Gasteiger partial charge in [0.15, 0.2) is 0 Å². The van der Waals surface area contributed by atoms with Gasteiger partial charge in [-0.3, -0.25) is 9.69 Å². The SMILES string of the molecule is O=C(N[C@H]1c2cc(N3CCN(C4COC4)CC3)ccc2CC[C@@H]1O)c1ccc(F)cc1. The van der Waals surface area contributed by atoms with Crippen molar-refractivity contribution in [1.29, 1.82) is 0 Å². The zero-order chi connectivity index (χ0) is 21.4. The molecule has 2 atom stereocenters. The van der Waals surface area contributed by atoms with Gasteiger partial charge in [-0.05, 0) is 60.4 Å². The van der Waals surface area contributed by atoms with Crippen LogP contribution in [0.5, 0.6) is 0 Å². The van der Waals surface area contributed by atoms with Crippen molar-refractivity contribution in [3.8, 4) is 0 Å². The van der Waals surface area contributed by atoms with Crippen LogP contribution in [0.3, 0.4) is 0 Å². The summed E-state index contributed by atoms with van der Waals surface area (Å²) in [5, 5.41) is 13.7. The third-order valence-corrected chi connectivity index (χ3v) is 6.77. The van der Waals surface area contributed by atoms with Crippen LogP contribution in [0.15, 0.2) is 42.5 Å². The first kappa shape index (κ1) is 20.4. The number of rotatable bonds is 4. The van der Waals surface area contributed by atoms with Gasteiger partial charge in [0, 0.05) is 37.4 Å². The van der Waals surface area contributed by atoms with Gasteiger partial charge in [-0.25, -0.2) is 4.39 Å². The van der Waals surface area contributed by atoms with Gasteiger partial charge < -0.3 is 20.1 Å². The molecule has 0 unspecified atom stereocenters. The topological polar surface area (TPSA) is 65.0 Å². The molecular formula is C24H28FN3O3. The number of aryl methyl sites for hydroxylation is 1. The molecule has 7 heteroatoms. The Kier molecular flexibility index (Phi) is 5.65. The number of piperazine rings is 1. The van der Waals surface area contributed by atoms with E-state index in [0.717, 1.165) is 62.6 Å². The fourth-order valence-electron chi connectivity index (χ4n) is 4.75. The molecule has 2 aromatic carbocycles. The normalized spacial score (nSPS) is 24.4. The molecule has 2 heterocycles. The van der Waals surface area contributed by atoms with Gasteiger partial charge in [-0.2, -0.15) is 0 Å². The zero-order valence-electron chi connectivity index (χ0n) is 17.5. The Morgan fingerprint density at radius 3 is 2.48 bits per heavy atom. The average molecular weight is 426 g/mol. The van der Waals surface area contributed by atoms with Crippen LogP contribution in [-0.4, -0.2) is 67.5 Å². The number of carbonyl (C=O) groups excluding carboxylic acids is 1. The lowest BCUT2D eigenvalue weighted by atomic mass is 9.85. The second-order valence-electron chi connectivity index (χ2n) is 8.66. The van der Waals surface area contributed by atoms with E-state index in [1.165, 1.54) is 24.3 Å². The predicted octanol–water partition coefficient (Wildman–Crippen LogP) is 2.12. The van der Waals surface area contributed by atoms with Crippen molar-refractivity contribution in [3.63, 3.8) is 0 Å². The van der Waals surface area contributed by atoms with Gasteiger partial charge in [0.25, 0.3) is 5.91 Å². The molecule has 1 aliphatic carbocycles. The van der Waals surface area contributed by atoms with Crippen LogP contribution >= 0.6 is 0 Å². The summed E-state index contributed by atoms with van der Waals surface area (Å²) in [4.78, 5) is 17.6. The first-order valence-electron chi connectivity index (χ1n) is 11.0. The third-order valence-electron chi connectivity index (χ3n) is 6.77. The van der Waals surface area contributed by atoms with Crippen LogP contribution in [0.4, 0.5) is 10.1 Å². The van der Waals surface area contributed by atoms with Crippen molar-refractivity contribution >= 4 is 11.6 Å². The highest BCUT2D eigenvalue weighted by Crippen LogP contribution is 2.34. The summed E-state index contributed by atoms with van der Waals surface area (Å²) in [5.74, 6) is -0.687. The maximum absolute atomic E-state index is 13.2. The third kappa shape index (κ3) is 4.18. The first-order chi connectivity index (χ1) is 15.1. The summed E-state index contributed by atoms with van der Waals surface area (Å²) in [7, 11) is 0. The number of halogens is 1. The lowest BCUT2D eigenvalue weighted by Gasteiger charge is -2.43. The quantitative estimate of drug-likeness (QED) is 0.786. The van der Waals surface area contributed by atoms with Gasteiger partial charge in [0.05, 0.1) is 31.4 Å². The van der Waals surface area contributed by atoms with E-state index in [1.54, 1.807) is 0 Å². The molecule has 0 aromatic heterocycles. The summed E-state index contributed by atoms with van der Waals surface area (Å²) in [6.07, 6.45) is 0.737. The van der Waals surface area contributed by atoms with Gasteiger partial charge >= 0.3 is 0 Å². The van der Waals surface area contributed by atoms with Crippen LogP contribution in [0.2, 0.25) is 0 Å². The van der Waals surface area contributed by atoms with Gasteiger partial charge in [0.2, 0.25) is 0 Å². The predicted molar refractivity (Wildman–Crippen MR) is 116 cm³/mol. The number of benzene rings is 2. The van der Waals surface area contributed by atoms with E-state index in [0.29, 0.717) is 18.0 Å². The summed E-state index contributed by atoms with van der Waals surface area (Å²) in [5.41, 5.74) is 3.64. The standard InChI is InChI=1S/C24H28FN3O3/c25-18-5-1-17(2-6-18)24(30)26-23-21-13-19(7-3-16(21)4-8-22(23)29)27-9-11-28(12-10-27)20-14-31-15-20/h1-3,5-7,13,20,22-23,29H,4,8-12,14-15H2,(H,26,30)/t22-,23-/m0/s1. The fraction of sp³-hybridized carbons (Fsp3) is 0.458. The minimum atomic E-state index is -0.650. The van der Waals surface area contributed by atoms with Crippen LogP contribution in [-0.2, 0) is 11.2 Å². The molecule has 3 aliphatic rings. The van der Waals surface area contributed by atoms with E-state index in [2.05, 4.69) is 33.3 Å². The average Bonchev–Trinajstić information content (AvgIpc) is 2.75. The number of amides is 1. The minimum Gasteiger partial charge on any atom is -0.391 e. The summed E-state index contributed by atoms with van der Waals surface area (Å²) in [6.45, 7) is 5.60. The Morgan fingerprint density at radius 1 is 1.06 bits per heavy atom. The van der Waals surface area contributed by atoms with E-state index in [1.807, 2.05) is 0 Å². The number of aliphatic hydroxyl groups excluding tert-OH is 1. The number of nitrogens with zero attached hydrogens (tertiary/aromatic N) is 2. The Hall–Kier alpha value is -2.48. The van der Waals surface area contributed by atoms with E-state index >= 15 is 0 Å². The van der Waals surface area contributed by atoms with E-state index in [9.17, 15) is 14.3 Å². The molecule has 2 aromatic rings. The molecule has 2 N–H and O–H groups in total. The molecule has 2 aliphatic heterocycles. The largest absolute Gasteiger partial charge is 0.391 e. The van der Waals surface area contributed by atoms with Crippen molar-refractivity contribution in [2.24, 2.45) is 0 Å². The molecule has 31 heavy (non-hydrogen) atoms. The second kappa shape index (κ2) is 8.57. The first-order valence-corrected chi connectivity index (χ1v) is 11.0. The summed E-state index contributed by atoms with van der Waals surface area (Å²) >= 11 is 0. The molecule has 0 radical (unpaired) electrons. The number of ether oxygens (including phenoxy) is 1. The van der Waals surface area contributed by atoms with Gasteiger partial charge in [-0.1, -0.05) is 6.07 Å². The highest BCUT2D eigenvalue weighted by molar-refractivity contribution is 5.94. The van der Waals surface area contributed by atoms with Crippen molar-refractivity contribution in [2.75, 3.05) is 44.3 Å². The van der Waals surface area contributed by atoms with Gasteiger partial charge in [-0.15, -0.1) is 0 Å². The Balaban J connectivity index is 1.33. The minimum absolute atomic E-state index is 0.307. The van der Waals surface area contributed by atoms with Crippen LogP contribution in [0.1, 0.15) is 33.9 Å². The van der Waals surface area contributed by atoms with E-state index < -0.39 is 12.1 Å². The van der Waals surface area contributed by atoms with E-state index in [4.69, 9.17) is 4.74 Å². The Morgan fingerprint density at radius 2 is 1.81 bits per heavy atom. The number of carbonyl (C=O) groups is 1. The Bertz CT molecular complexity index is 940. The Labute approximate surface area is 181 Å². The van der Waals surface area contributed by atoms with Gasteiger partial charge in [0.1, 0.15) is 5.82 Å². The van der Waals surface area contributed by atoms with Crippen LogP contribution in [0, 0.1) is 5.82 Å². The van der Waals surface area contributed by atoms with Crippen molar-refractivity contribution < 1.29 is 19.0 Å². The number of nitrogens with one attached hydrogen (secondary N) is 1. The molecule has 0 saturated carbocycles. The number of aliphatic hydroxyl groups is 1.